The molecule has 6 nitrogen and oxygen atoms in total. The molecule has 2 rings (SSSR count). The number of benzene rings is 1. The van der Waals surface area contributed by atoms with Gasteiger partial charge < -0.3 is 4.74 Å². The minimum absolute atomic E-state index is 0.0669. The Kier molecular flexibility index (Phi) is 5.67. The molecular formula is C15H20ClN3O3S. The second-order valence-corrected chi connectivity index (χ2v) is 7.27. The third kappa shape index (κ3) is 3.85. The van der Waals surface area contributed by atoms with Gasteiger partial charge in [-0.15, -0.1) is 0 Å². The predicted molar refractivity (Wildman–Crippen MR) is 89.2 cm³/mol. The largest absolute Gasteiger partial charge is 0.495 e. The van der Waals surface area contributed by atoms with Crippen molar-refractivity contribution < 1.29 is 13.2 Å². The van der Waals surface area contributed by atoms with Crippen LogP contribution in [0.2, 0.25) is 5.02 Å². The second kappa shape index (κ2) is 7.33. The minimum atomic E-state index is -3.73. The normalized spacial score (nSPS) is 11.9. The lowest BCUT2D eigenvalue weighted by Crippen LogP contribution is -2.30. The number of rotatable bonds is 7. The lowest BCUT2D eigenvalue weighted by atomic mass is 10.3. The van der Waals surface area contributed by atoms with E-state index in [0.29, 0.717) is 11.6 Å². The highest BCUT2D eigenvalue weighted by atomic mass is 35.5. The van der Waals surface area contributed by atoms with Crippen LogP contribution in [0.1, 0.15) is 19.4 Å². The van der Waals surface area contributed by atoms with Gasteiger partial charge in [0.15, 0.2) is 0 Å². The fourth-order valence-corrected chi connectivity index (χ4v) is 4.08. The Labute approximate surface area is 141 Å². The molecule has 0 spiro atoms. The highest BCUT2D eigenvalue weighted by molar-refractivity contribution is 7.89. The van der Waals surface area contributed by atoms with Crippen LogP contribution in [0.5, 0.6) is 5.75 Å². The fourth-order valence-electron chi connectivity index (χ4n) is 2.22. The van der Waals surface area contributed by atoms with E-state index >= 15 is 0 Å². The van der Waals surface area contributed by atoms with Crippen molar-refractivity contribution in [2.24, 2.45) is 0 Å². The van der Waals surface area contributed by atoms with E-state index in [4.69, 9.17) is 16.3 Å². The van der Waals surface area contributed by atoms with Crippen LogP contribution in [-0.2, 0) is 23.1 Å². The summed E-state index contributed by atoms with van der Waals surface area (Å²) in [5, 5.41) is 4.52. The molecule has 0 N–H and O–H groups in total. The molecule has 0 radical (unpaired) electrons. The lowest BCUT2D eigenvalue weighted by molar-refractivity contribution is 0.391. The second-order valence-electron chi connectivity index (χ2n) is 4.93. The van der Waals surface area contributed by atoms with Gasteiger partial charge in [-0.2, -0.15) is 9.40 Å². The Bertz CT molecular complexity index is 774. The molecule has 126 valence electrons. The first-order chi connectivity index (χ1) is 10.9. The molecular weight excluding hydrogens is 338 g/mol. The molecule has 0 fully saturated rings. The van der Waals surface area contributed by atoms with Gasteiger partial charge in [0.2, 0.25) is 10.0 Å². The van der Waals surface area contributed by atoms with Crippen molar-refractivity contribution in [2.75, 3.05) is 13.7 Å². The van der Waals surface area contributed by atoms with Crippen molar-refractivity contribution in [1.29, 1.82) is 0 Å². The standard InChI is InChI=1S/C15H20ClN3O3S/c1-4-18-10-12(9-17-18)11-19(5-2)23(20,21)15-8-13(16)6-7-14(15)22-3/h6-10H,4-5,11H2,1-3H3. The topological polar surface area (TPSA) is 64.4 Å². The van der Waals surface area contributed by atoms with E-state index in [9.17, 15) is 8.42 Å². The van der Waals surface area contributed by atoms with E-state index in [0.717, 1.165) is 12.1 Å². The van der Waals surface area contributed by atoms with Gasteiger partial charge in [0, 0.05) is 36.4 Å². The Morgan fingerprint density at radius 2 is 2.09 bits per heavy atom. The van der Waals surface area contributed by atoms with E-state index in [2.05, 4.69) is 5.10 Å². The van der Waals surface area contributed by atoms with Gasteiger partial charge in [-0.3, -0.25) is 4.68 Å². The number of halogens is 1. The molecule has 2 aromatic rings. The first kappa shape index (κ1) is 17.8. The number of methoxy groups -OCH3 is 1. The number of ether oxygens (including phenoxy) is 1. The third-order valence-corrected chi connectivity index (χ3v) is 5.64. The number of aromatic nitrogens is 2. The minimum Gasteiger partial charge on any atom is -0.495 e. The van der Waals surface area contributed by atoms with E-state index in [1.807, 2.05) is 13.1 Å². The van der Waals surface area contributed by atoms with Crippen LogP contribution in [-0.4, -0.2) is 36.2 Å². The van der Waals surface area contributed by atoms with Gasteiger partial charge in [-0.05, 0) is 25.1 Å². The Balaban J connectivity index is 2.37. The van der Waals surface area contributed by atoms with Gasteiger partial charge in [-0.1, -0.05) is 18.5 Å². The summed E-state index contributed by atoms with van der Waals surface area (Å²) in [6, 6.07) is 4.56. The number of hydrogen-bond donors (Lipinski definition) is 0. The molecule has 0 saturated carbocycles. The van der Waals surface area contributed by atoms with Crippen LogP contribution in [0.25, 0.3) is 0 Å². The summed E-state index contributed by atoms with van der Waals surface area (Å²) >= 11 is 5.96. The fraction of sp³-hybridized carbons (Fsp3) is 0.400. The van der Waals surface area contributed by atoms with Gasteiger partial charge in [-0.25, -0.2) is 8.42 Å². The number of hydrogen-bond acceptors (Lipinski definition) is 4. The molecule has 0 saturated heterocycles. The maximum Gasteiger partial charge on any atom is 0.247 e. The summed E-state index contributed by atoms with van der Waals surface area (Å²) in [6.45, 7) is 5.07. The lowest BCUT2D eigenvalue weighted by Gasteiger charge is -2.21. The zero-order valence-corrected chi connectivity index (χ0v) is 14.9. The molecule has 0 aliphatic carbocycles. The van der Waals surface area contributed by atoms with Gasteiger partial charge in [0.1, 0.15) is 10.6 Å². The van der Waals surface area contributed by atoms with E-state index in [1.165, 1.54) is 17.5 Å². The van der Waals surface area contributed by atoms with Crippen LogP contribution in [0.3, 0.4) is 0 Å². The van der Waals surface area contributed by atoms with Crippen LogP contribution >= 0.6 is 11.6 Å². The Hall–Kier alpha value is -1.57. The third-order valence-electron chi connectivity index (χ3n) is 3.47. The molecule has 0 aliphatic rings. The monoisotopic (exact) mass is 357 g/mol. The summed E-state index contributed by atoms with van der Waals surface area (Å²) in [6.07, 6.45) is 3.52. The smallest absolute Gasteiger partial charge is 0.247 e. The quantitative estimate of drug-likeness (QED) is 0.764. The molecule has 0 atom stereocenters. The summed E-state index contributed by atoms with van der Waals surface area (Å²) in [5.41, 5.74) is 0.832. The molecule has 0 amide bonds. The van der Waals surface area contributed by atoms with Crippen LogP contribution in [0.15, 0.2) is 35.5 Å². The molecule has 8 heteroatoms. The first-order valence-electron chi connectivity index (χ1n) is 7.27. The first-order valence-corrected chi connectivity index (χ1v) is 9.09. The van der Waals surface area contributed by atoms with E-state index in [1.54, 1.807) is 29.9 Å². The van der Waals surface area contributed by atoms with Crippen molar-refractivity contribution in [1.82, 2.24) is 14.1 Å². The molecule has 1 aromatic carbocycles. The summed E-state index contributed by atoms with van der Waals surface area (Å²) in [4.78, 5) is 0.0669. The SMILES string of the molecule is CCN(Cc1cnn(CC)c1)S(=O)(=O)c1cc(Cl)ccc1OC. The highest BCUT2D eigenvalue weighted by Gasteiger charge is 2.27. The molecule has 0 unspecified atom stereocenters. The maximum absolute atomic E-state index is 12.9. The molecule has 1 heterocycles. The van der Waals surface area contributed by atoms with Gasteiger partial charge in [0.25, 0.3) is 0 Å². The van der Waals surface area contributed by atoms with E-state index < -0.39 is 10.0 Å². The zero-order chi connectivity index (χ0) is 17.0. The number of aryl methyl sites for hydroxylation is 1. The highest BCUT2D eigenvalue weighted by Crippen LogP contribution is 2.30. The van der Waals surface area contributed by atoms with Gasteiger partial charge in [0.05, 0.1) is 13.3 Å². The van der Waals surface area contributed by atoms with Crippen LogP contribution in [0, 0.1) is 0 Å². The molecule has 23 heavy (non-hydrogen) atoms. The molecule has 0 bridgehead atoms. The summed E-state index contributed by atoms with van der Waals surface area (Å²) in [7, 11) is -2.29. The number of sulfonamides is 1. The van der Waals surface area contributed by atoms with Crippen LogP contribution in [0.4, 0.5) is 0 Å². The van der Waals surface area contributed by atoms with Crippen LogP contribution < -0.4 is 4.74 Å². The Morgan fingerprint density at radius 1 is 1.35 bits per heavy atom. The summed E-state index contributed by atoms with van der Waals surface area (Å²) < 4.78 is 34.2. The number of nitrogens with zero attached hydrogens (tertiary/aromatic N) is 3. The maximum atomic E-state index is 12.9. The zero-order valence-electron chi connectivity index (χ0n) is 13.4. The van der Waals surface area contributed by atoms with Crippen molar-refractivity contribution in [3.05, 3.63) is 41.2 Å². The van der Waals surface area contributed by atoms with Crippen molar-refractivity contribution >= 4 is 21.6 Å². The average Bonchev–Trinajstić information content (AvgIpc) is 3.00. The Morgan fingerprint density at radius 3 is 2.65 bits per heavy atom. The van der Waals surface area contributed by atoms with Crippen molar-refractivity contribution in [2.45, 2.75) is 31.8 Å². The predicted octanol–water partition coefficient (Wildman–Crippen LogP) is 2.78. The van der Waals surface area contributed by atoms with Crippen molar-refractivity contribution in [3.8, 4) is 5.75 Å². The molecule has 0 aliphatic heterocycles. The van der Waals surface area contributed by atoms with E-state index in [-0.39, 0.29) is 17.2 Å². The van der Waals surface area contributed by atoms with Gasteiger partial charge >= 0.3 is 0 Å². The van der Waals surface area contributed by atoms with Crippen molar-refractivity contribution in [3.63, 3.8) is 0 Å². The summed E-state index contributed by atoms with van der Waals surface area (Å²) in [5.74, 6) is 0.275. The average molecular weight is 358 g/mol. The molecule has 1 aromatic heterocycles.